The average molecular weight is 321 g/mol. The van der Waals surface area contributed by atoms with Crippen LogP contribution < -0.4 is 0 Å². The van der Waals surface area contributed by atoms with Crippen molar-refractivity contribution in [2.24, 2.45) is 10.8 Å². The van der Waals surface area contributed by atoms with E-state index >= 15 is 0 Å². The fraction of sp³-hybridized carbons (Fsp3) is 1.00. The van der Waals surface area contributed by atoms with Crippen molar-refractivity contribution in [2.45, 2.75) is 97.6 Å². The van der Waals surface area contributed by atoms with E-state index in [0.717, 1.165) is 10.8 Å². The third-order valence-electron chi connectivity index (χ3n) is 7.22. The largest absolute Gasteiger partial charge is 0.298 e. The van der Waals surface area contributed by atoms with Gasteiger partial charge in [0.05, 0.1) is 0 Å². The van der Waals surface area contributed by atoms with Gasteiger partial charge in [-0.2, -0.15) is 0 Å². The third-order valence-corrected chi connectivity index (χ3v) is 7.22. The molecule has 2 nitrogen and oxygen atoms in total. The molecule has 4 fully saturated rings. The summed E-state index contributed by atoms with van der Waals surface area (Å²) < 4.78 is 0. The molecule has 0 bridgehead atoms. The van der Waals surface area contributed by atoms with Gasteiger partial charge in [0.1, 0.15) is 0 Å². The number of nitrogens with zero attached hydrogens (tertiary/aromatic N) is 2. The van der Waals surface area contributed by atoms with Crippen molar-refractivity contribution in [3.8, 4) is 0 Å². The molecule has 2 aliphatic heterocycles. The molecule has 0 atom stereocenters. The Hall–Kier alpha value is -0.0800. The zero-order chi connectivity index (χ0) is 16.9. The summed E-state index contributed by atoms with van der Waals surface area (Å²) in [5.74, 6) is 0. The quantitative estimate of drug-likeness (QED) is 0.624. The van der Waals surface area contributed by atoms with E-state index in [9.17, 15) is 0 Å². The highest BCUT2D eigenvalue weighted by molar-refractivity contribution is 5.03. The first-order chi connectivity index (χ1) is 10.5. The van der Waals surface area contributed by atoms with Gasteiger partial charge in [-0.3, -0.25) is 9.80 Å². The molecular weight excluding hydrogens is 280 g/mol. The highest BCUT2D eigenvalue weighted by atomic mass is 15.3. The van der Waals surface area contributed by atoms with Crippen LogP contribution in [0.25, 0.3) is 0 Å². The van der Waals surface area contributed by atoms with E-state index in [2.05, 4.69) is 51.3 Å². The fourth-order valence-electron chi connectivity index (χ4n) is 4.82. The van der Waals surface area contributed by atoms with Gasteiger partial charge >= 0.3 is 0 Å². The summed E-state index contributed by atoms with van der Waals surface area (Å²) in [6.07, 6.45) is 10.4. The maximum atomic E-state index is 2.66. The van der Waals surface area contributed by atoms with Crippen LogP contribution in [-0.2, 0) is 0 Å². The normalized spacial score (nSPS) is 29.5. The van der Waals surface area contributed by atoms with Crippen molar-refractivity contribution in [3.05, 3.63) is 0 Å². The maximum absolute atomic E-state index is 2.66. The van der Waals surface area contributed by atoms with E-state index in [-0.39, 0.29) is 0 Å². The average Bonchev–Trinajstić information content (AvgIpc) is 2.67. The second kappa shape index (κ2) is 5.73. The lowest BCUT2D eigenvalue weighted by Crippen LogP contribution is -2.64. The molecule has 0 amide bonds. The van der Waals surface area contributed by atoms with E-state index < -0.39 is 0 Å². The van der Waals surface area contributed by atoms with E-state index in [1.54, 1.807) is 0 Å². The molecule has 23 heavy (non-hydrogen) atoms. The van der Waals surface area contributed by atoms with Gasteiger partial charge in [0.15, 0.2) is 0 Å². The molecule has 2 aliphatic carbocycles. The SMILES string of the molecule is CC(C)(C)N1CC2(CCC2)C1.CC(C)(C)N1CCC2(CCC2)C1. The molecule has 2 spiro atoms. The summed E-state index contributed by atoms with van der Waals surface area (Å²) in [6, 6.07) is 0. The number of hydrogen-bond acceptors (Lipinski definition) is 2. The molecule has 0 N–H and O–H groups in total. The van der Waals surface area contributed by atoms with Crippen molar-refractivity contribution in [3.63, 3.8) is 0 Å². The summed E-state index contributed by atoms with van der Waals surface area (Å²) in [4.78, 5) is 5.26. The predicted octanol–water partition coefficient (Wildman–Crippen LogP) is 4.93. The molecule has 0 unspecified atom stereocenters. The first kappa shape index (κ1) is 17.7. The molecule has 134 valence electrons. The Bertz CT molecular complexity index is 410. The number of hydrogen-bond donors (Lipinski definition) is 0. The molecule has 0 aromatic rings. The second-order valence-corrected chi connectivity index (χ2v) is 11.1. The molecule has 2 saturated heterocycles. The second-order valence-electron chi connectivity index (χ2n) is 11.1. The predicted molar refractivity (Wildman–Crippen MR) is 99.8 cm³/mol. The fourth-order valence-corrected chi connectivity index (χ4v) is 4.82. The molecule has 4 aliphatic rings. The van der Waals surface area contributed by atoms with Crippen LogP contribution >= 0.6 is 0 Å². The number of rotatable bonds is 0. The maximum Gasteiger partial charge on any atom is 0.0125 e. The Labute approximate surface area is 145 Å². The Morgan fingerprint density at radius 2 is 1.00 bits per heavy atom. The minimum Gasteiger partial charge on any atom is -0.298 e. The van der Waals surface area contributed by atoms with Gasteiger partial charge in [-0.1, -0.05) is 12.8 Å². The van der Waals surface area contributed by atoms with E-state index in [1.807, 2.05) is 0 Å². The van der Waals surface area contributed by atoms with Crippen LogP contribution in [0.2, 0.25) is 0 Å². The zero-order valence-corrected chi connectivity index (χ0v) is 16.7. The van der Waals surface area contributed by atoms with Crippen LogP contribution in [0.4, 0.5) is 0 Å². The van der Waals surface area contributed by atoms with Crippen molar-refractivity contribution < 1.29 is 0 Å². The van der Waals surface area contributed by atoms with Crippen molar-refractivity contribution in [2.75, 3.05) is 26.2 Å². The summed E-state index contributed by atoms with van der Waals surface area (Å²) in [6.45, 7) is 19.4. The zero-order valence-electron chi connectivity index (χ0n) is 16.7. The van der Waals surface area contributed by atoms with Gasteiger partial charge in [-0.15, -0.1) is 0 Å². The topological polar surface area (TPSA) is 6.48 Å². The smallest absolute Gasteiger partial charge is 0.0125 e. The lowest BCUT2D eigenvalue weighted by atomic mass is 9.62. The van der Waals surface area contributed by atoms with E-state index in [1.165, 1.54) is 71.1 Å². The van der Waals surface area contributed by atoms with Crippen LogP contribution in [0.5, 0.6) is 0 Å². The third kappa shape index (κ3) is 3.63. The molecule has 2 heteroatoms. The van der Waals surface area contributed by atoms with Crippen molar-refractivity contribution >= 4 is 0 Å². The Kier molecular flexibility index (Phi) is 4.42. The van der Waals surface area contributed by atoms with Gasteiger partial charge in [-0.25, -0.2) is 0 Å². The summed E-state index contributed by atoms with van der Waals surface area (Å²) in [5.41, 5.74) is 2.39. The Balaban J connectivity index is 0.000000136. The Morgan fingerprint density at radius 3 is 1.26 bits per heavy atom. The molecule has 0 aromatic carbocycles. The van der Waals surface area contributed by atoms with Gasteiger partial charge in [0.2, 0.25) is 0 Å². The minimum absolute atomic E-state index is 0.402. The Morgan fingerprint density at radius 1 is 0.565 bits per heavy atom. The van der Waals surface area contributed by atoms with Gasteiger partial charge < -0.3 is 0 Å². The van der Waals surface area contributed by atoms with Crippen LogP contribution in [0.1, 0.15) is 86.5 Å². The minimum atomic E-state index is 0.402. The van der Waals surface area contributed by atoms with Crippen LogP contribution in [0.3, 0.4) is 0 Å². The van der Waals surface area contributed by atoms with Gasteiger partial charge in [0, 0.05) is 30.7 Å². The highest BCUT2D eigenvalue weighted by Gasteiger charge is 2.49. The standard InChI is InChI=1S/C11H21N.C10H19N/c1-10(2,3)12-8-7-11(9-12)5-4-6-11;1-9(2,3)11-7-10(8-11)5-4-6-10/h4-9H2,1-3H3;4-8H2,1-3H3. The number of likely N-dealkylation sites (tertiary alicyclic amines) is 2. The van der Waals surface area contributed by atoms with Crippen molar-refractivity contribution in [1.82, 2.24) is 9.80 Å². The first-order valence-corrected chi connectivity index (χ1v) is 10.0. The van der Waals surface area contributed by atoms with Gasteiger partial charge in [0.25, 0.3) is 0 Å². The molecule has 0 radical (unpaired) electrons. The molecule has 4 rings (SSSR count). The van der Waals surface area contributed by atoms with Crippen LogP contribution in [0, 0.1) is 10.8 Å². The summed E-state index contributed by atoms with van der Waals surface area (Å²) in [5, 5.41) is 0. The molecular formula is C21H40N2. The van der Waals surface area contributed by atoms with E-state index in [4.69, 9.17) is 0 Å². The first-order valence-electron chi connectivity index (χ1n) is 10.0. The van der Waals surface area contributed by atoms with Crippen molar-refractivity contribution in [1.29, 1.82) is 0 Å². The van der Waals surface area contributed by atoms with Crippen LogP contribution in [0.15, 0.2) is 0 Å². The lowest BCUT2D eigenvalue weighted by molar-refractivity contribution is -0.104. The lowest BCUT2D eigenvalue weighted by Gasteiger charge is -2.60. The monoisotopic (exact) mass is 320 g/mol. The summed E-state index contributed by atoms with van der Waals surface area (Å²) >= 11 is 0. The summed E-state index contributed by atoms with van der Waals surface area (Å²) in [7, 11) is 0. The van der Waals surface area contributed by atoms with E-state index in [0.29, 0.717) is 11.1 Å². The highest BCUT2D eigenvalue weighted by Crippen LogP contribution is 2.50. The van der Waals surface area contributed by atoms with Gasteiger partial charge in [-0.05, 0) is 91.0 Å². The molecule has 0 aromatic heterocycles. The molecule has 2 heterocycles. The molecule has 2 saturated carbocycles. The van der Waals surface area contributed by atoms with Crippen LogP contribution in [-0.4, -0.2) is 47.1 Å².